The molecular formula is C53H36N4. The number of benzene rings is 7. The summed E-state index contributed by atoms with van der Waals surface area (Å²) in [6.07, 6.45) is 0. The van der Waals surface area contributed by atoms with E-state index in [1.165, 1.54) is 11.1 Å². The Morgan fingerprint density at radius 2 is 0.737 bits per heavy atom. The monoisotopic (exact) mass is 728 g/mol. The molecule has 0 spiro atoms. The molecular weight excluding hydrogens is 693 g/mol. The van der Waals surface area contributed by atoms with Crippen LogP contribution in [-0.2, 0) is 0 Å². The third-order valence-electron chi connectivity index (χ3n) is 10.6. The highest BCUT2D eigenvalue weighted by atomic mass is 14.9. The summed E-state index contributed by atoms with van der Waals surface area (Å²) < 4.78 is 0. The van der Waals surface area contributed by atoms with Crippen molar-refractivity contribution in [2.75, 3.05) is 0 Å². The summed E-state index contributed by atoms with van der Waals surface area (Å²) in [5.41, 5.74) is 16.4. The molecule has 4 heteroatoms. The smallest absolute Gasteiger partial charge is 0.160 e. The van der Waals surface area contributed by atoms with E-state index < -0.39 is 0 Å². The van der Waals surface area contributed by atoms with Crippen LogP contribution in [0.25, 0.3) is 100 Å². The number of nitrogens with zero attached hydrogens (tertiary/aromatic N) is 4. The van der Waals surface area contributed by atoms with Crippen LogP contribution in [0.2, 0.25) is 0 Å². The molecule has 0 fully saturated rings. The van der Waals surface area contributed by atoms with Crippen molar-refractivity contribution in [3.8, 4) is 78.7 Å². The standard InChI is InChI=1S/C53H36N4/c1-35-32-48(39-14-7-3-8-15-39)55-52-46(35)30-28-42-29-31-47(54-51(42)52)41-24-20-38(21-25-41)44-18-11-19-45(33-44)50-34-49(40-16-9-4-10-17-40)56-53(57-50)43-26-22-37(23-27-43)36-12-5-2-6-13-36/h2-34H,1H3. The van der Waals surface area contributed by atoms with Crippen LogP contribution in [-0.4, -0.2) is 19.9 Å². The van der Waals surface area contributed by atoms with E-state index in [1.807, 2.05) is 30.3 Å². The molecule has 0 unspecified atom stereocenters. The summed E-state index contributed by atoms with van der Waals surface area (Å²) in [6, 6.07) is 69.7. The third-order valence-corrected chi connectivity index (χ3v) is 10.6. The fraction of sp³-hybridized carbons (Fsp3) is 0.0189. The van der Waals surface area contributed by atoms with E-state index in [1.54, 1.807) is 0 Å². The minimum absolute atomic E-state index is 0.693. The van der Waals surface area contributed by atoms with Gasteiger partial charge in [0.25, 0.3) is 0 Å². The second-order valence-corrected chi connectivity index (χ2v) is 14.3. The maximum atomic E-state index is 5.22. The van der Waals surface area contributed by atoms with Gasteiger partial charge in [0, 0.05) is 38.6 Å². The minimum atomic E-state index is 0.693. The third kappa shape index (κ3) is 6.75. The highest BCUT2D eigenvalue weighted by molar-refractivity contribution is 6.05. The Kier molecular flexibility index (Phi) is 8.69. The lowest BCUT2D eigenvalue weighted by atomic mass is 9.98. The average Bonchev–Trinajstić information content (AvgIpc) is 3.29. The molecule has 57 heavy (non-hydrogen) atoms. The fourth-order valence-corrected chi connectivity index (χ4v) is 7.57. The highest BCUT2D eigenvalue weighted by Crippen LogP contribution is 2.34. The number of aromatic nitrogens is 4. The van der Waals surface area contributed by atoms with Crippen LogP contribution in [0, 0.1) is 6.92 Å². The van der Waals surface area contributed by atoms with Crippen molar-refractivity contribution < 1.29 is 0 Å². The Morgan fingerprint density at radius 3 is 1.40 bits per heavy atom. The van der Waals surface area contributed by atoms with Crippen molar-refractivity contribution >= 4 is 21.8 Å². The lowest BCUT2D eigenvalue weighted by Crippen LogP contribution is -1.96. The van der Waals surface area contributed by atoms with Gasteiger partial charge in [-0.1, -0.05) is 176 Å². The fourth-order valence-electron chi connectivity index (χ4n) is 7.57. The first-order valence-electron chi connectivity index (χ1n) is 19.2. The second-order valence-electron chi connectivity index (χ2n) is 14.3. The van der Waals surface area contributed by atoms with E-state index in [0.717, 1.165) is 89.1 Å². The predicted molar refractivity (Wildman–Crippen MR) is 235 cm³/mol. The Labute approximate surface area is 331 Å². The second kappa shape index (κ2) is 14.6. The van der Waals surface area contributed by atoms with Gasteiger partial charge in [-0.15, -0.1) is 0 Å². The summed E-state index contributed by atoms with van der Waals surface area (Å²) >= 11 is 0. The quantitative estimate of drug-likeness (QED) is 0.153. The van der Waals surface area contributed by atoms with Crippen molar-refractivity contribution in [3.63, 3.8) is 0 Å². The summed E-state index contributed by atoms with van der Waals surface area (Å²) in [5, 5.41) is 2.19. The van der Waals surface area contributed by atoms with Gasteiger partial charge in [-0.25, -0.2) is 19.9 Å². The molecule has 3 aromatic heterocycles. The molecule has 0 saturated heterocycles. The number of pyridine rings is 2. The normalized spacial score (nSPS) is 11.2. The van der Waals surface area contributed by atoms with Gasteiger partial charge in [0.15, 0.2) is 5.82 Å². The maximum Gasteiger partial charge on any atom is 0.160 e. The number of rotatable bonds is 7. The van der Waals surface area contributed by atoms with Crippen molar-refractivity contribution in [2.24, 2.45) is 0 Å². The molecule has 0 bridgehead atoms. The minimum Gasteiger partial charge on any atom is -0.245 e. The Bertz CT molecular complexity index is 3030. The van der Waals surface area contributed by atoms with Crippen molar-refractivity contribution in [3.05, 3.63) is 206 Å². The van der Waals surface area contributed by atoms with Crippen molar-refractivity contribution in [2.45, 2.75) is 6.92 Å². The number of hydrogen-bond acceptors (Lipinski definition) is 4. The zero-order valence-electron chi connectivity index (χ0n) is 31.3. The van der Waals surface area contributed by atoms with Crippen LogP contribution in [0.1, 0.15) is 5.56 Å². The van der Waals surface area contributed by atoms with Gasteiger partial charge < -0.3 is 0 Å². The molecule has 0 amide bonds. The lowest BCUT2D eigenvalue weighted by molar-refractivity contribution is 1.18. The summed E-state index contributed by atoms with van der Waals surface area (Å²) in [5.74, 6) is 0.693. The van der Waals surface area contributed by atoms with Gasteiger partial charge in [0.1, 0.15) is 0 Å². The molecule has 10 rings (SSSR count). The van der Waals surface area contributed by atoms with Gasteiger partial charge in [-0.2, -0.15) is 0 Å². The maximum absolute atomic E-state index is 5.22. The van der Waals surface area contributed by atoms with Gasteiger partial charge in [0.2, 0.25) is 0 Å². The molecule has 0 aliphatic rings. The Morgan fingerprint density at radius 1 is 0.281 bits per heavy atom. The predicted octanol–water partition coefficient (Wildman–Crippen LogP) is 13.6. The molecule has 10 aromatic rings. The molecule has 0 radical (unpaired) electrons. The Hall–Kier alpha value is -7.56. The first kappa shape index (κ1) is 34.0. The van der Waals surface area contributed by atoms with Gasteiger partial charge in [0.05, 0.1) is 33.8 Å². The van der Waals surface area contributed by atoms with E-state index in [2.05, 4.69) is 177 Å². The van der Waals surface area contributed by atoms with E-state index in [4.69, 9.17) is 19.9 Å². The lowest BCUT2D eigenvalue weighted by Gasteiger charge is -2.12. The van der Waals surface area contributed by atoms with Crippen LogP contribution < -0.4 is 0 Å². The van der Waals surface area contributed by atoms with Crippen LogP contribution in [0.4, 0.5) is 0 Å². The topological polar surface area (TPSA) is 51.6 Å². The molecule has 0 atom stereocenters. The van der Waals surface area contributed by atoms with Gasteiger partial charge >= 0.3 is 0 Å². The van der Waals surface area contributed by atoms with Crippen LogP contribution in [0.3, 0.4) is 0 Å². The molecule has 268 valence electrons. The van der Waals surface area contributed by atoms with E-state index in [9.17, 15) is 0 Å². The Balaban J connectivity index is 0.987. The summed E-state index contributed by atoms with van der Waals surface area (Å²) in [4.78, 5) is 20.6. The number of aryl methyl sites for hydroxylation is 1. The summed E-state index contributed by atoms with van der Waals surface area (Å²) in [7, 11) is 0. The van der Waals surface area contributed by atoms with Crippen LogP contribution in [0.15, 0.2) is 200 Å². The van der Waals surface area contributed by atoms with Gasteiger partial charge in [-0.05, 0) is 59.0 Å². The zero-order chi connectivity index (χ0) is 38.1. The van der Waals surface area contributed by atoms with E-state index in [-0.39, 0.29) is 0 Å². The zero-order valence-corrected chi connectivity index (χ0v) is 31.3. The van der Waals surface area contributed by atoms with Gasteiger partial charge in [-0.3, -0.25) is 0 Å². The van der Waals surface area contributed by atoms with Crippen LogP contribution in [0.5, 0.6) is 0 Å². The van der Waals surface area contributed by atoms with Crippen LogP contribution >= 0.6 is 0 Å². The summed E-state index contributed by atoms with van der Waals surface area (Å²) in [6.45, 7) is 2.15. The molecule has 4 nitrogen and oxygen atoms in total. The molecule has 0 aliphatic carbocycles. The van der Waals surface area contributed by atoms with E-state index >= 15 is 0 Å². The van der Waals surface area contributed by atoms with E-state index in [0.29, 0.717) is 5.82 Å². The molecule has 3 heterocycles. The largest absolute Gasteiger partial charge is 0.245 e. The number of fused-ring (bicyclic) bond motifs is 3. The van der Waals surface area contributed by atoms with Crippen molar-refractivity contribution in [1.29, 1.82) is 0 Å². The van der Waals surface area contributed by atoms with Crippen molar-refractivity contribution in [1.82, 2.24) is 19.9 Å². The average molecular weight is 729 g/mol. The first-order valence-corrected chi connectivity index (χ1v) is 19.2. The highest BCUT2D eigenvalue weighted by Gasteiger charge is 2.14. The molecule has 0 aliphatic heterocycles. The number of hydrogen-bond donors (Lipinski definition) is 0. The SMILES string of the molecule is Cc1cc(-c2ccccc2)nc2c1ccc1ccc(-c3ccc(-c4cccc(-c5cc(-c6ccccc6)nc(-c6ccc(-c7ccccc7)cc6)n5)c4)cc3)nc12. The molecule has 0 saturated carbocycles. The molecule has 0 N–H and O–H groups in total. The first-order chi connectivity index (χ1) is 28.1. The molecule has 7 aromatic carbocycles.